The van der Waals surface area contributed by atoms with Crippen molar-refractivity contribution in [3.05, 3.63) is 53.6 Å². The lowest BCUT2D eigenvalue weighted by Crippen LogP contribution is -2.47. The zero-order valence-corrected chi connectivity index (χ0v) is 21.0. The summed E-state index contributed by atoms with van der Waals surface area (Å²) in [7, 11) is 0. The van der Waals surface area contributed by atoms with Gasteiger partial charge in [0.2, 0.25) is 0 Å². The van der Waals surface area contributed by atoms with Gasteiger partial charge in [-0.3, -0.25) is 4.90 Å². The highest BCUT2D eigenvalue weighted by Crippen LogP contribution is 2.41. The number of benzene rings is 2. The van der Waals surface area contributed by atoms with Gasteiger partial charge in [-0.2, -0.15) is 18.4 Å². The van der Waals surface area contributed by atoms with E-state index in [1.165, 1.54) is 11.0 Å². The van der Waals surface area contributed by atoms with Gasteiger partial charge in [-0.25, -0.2) is 0 Å². The molecule has 2 atom stereocenters. The van der Waals surface area contributed by atoms with E-state index < -0.39 is 34.9 Å². The number of nitrogens with zero attached hydrogens (tertiary/aromatic N) is 3. The lowest BCUT2D eigenvalue weighted by atomic mass is 10.0. The van der Waals surface area contributed by atoms with Crippen molar-refractivity contribution in [1.82, 2.24) is 0 Å². The molecule has 0 aliphatic carbocycles. The predicted molar refractivity (Wildman–Crippen MR) is 131 cm³/mol. The highest BCUT2D eigenvalue weighted by Gasteiger charge is 2.50. The van der Waals surface area contributed by atoms with Crippen LogP contribution in [0.5, 0.6) is 5.75 Å². The number of hydrogen-bond acceptors (Lipinski definition) is 6. The second-order valence-corrected chi connectivity index (χ2v) is 9.98. The summed E-state index contributed by atoms with van der Waals surface area (Å²) in [5.74, 6) is -0.0495. The Morgan fingerprint density at radius 2 is 1.78 bits per heavy atom. The number of hydrogen-bond donors (Lipinski definition) is 1. The van der Waals surface area contributed by atoms with E-state index in [9.17, 15) is 18.3 Å². The van der Waals surface area contributed by atoms with E-state index in [4.69, 9.17) is 31.7 Å². The minimum absolute atomic E-state index is 0.0380. The molecule has 2 aliphatic rings. The Hall–Kier alpha value is -2.91. The highest BCUT2D eigenvalue weighted by atomic mass is 32.1. The van der Waals surface area contributed by atoms with Gasteiger partial charge in [-0.05, 0) is 82.4 Å². The number of rotatable bonds is 5. The minimum Gasteiger partial charge on any atom is -0.491 e. The lowest BCUT2D eigenvalue weighted by Gasteiger charge is -2.33. The van der Waals surface area contributed by atoms with Crippen molar-refractivity contribution in [2.24, 2.45) is 0 Å². The molecule has 0 saturated carbocycles. The van der Waals surface area contributed by atoms with Crippen LogP contribution in [0.4, 0.5) is 24.5 Å². The molecule has 2 saturated heterocycles. The van der Waals surface area contributed by atoms with Gasteiger partial charge in [0.15, 0.2) is 17.1 Å². The first-order valence-corrected chi connectivity index (χ1v) is 11.6. The second kappa shape index (κ2) is 9.19. The van der Waals surface area contributed by atoms with Crippen LogP contribution < -0.4 is 14.5 Å². The van der Waals surface area contributed by atoms with Crippen LogP contribution in [0.1, 0.15) is 38.8 Å². The first kappa shape index (κ1) is 26.2. The fourth-order valence-electron chi connectivity index (χ4n) is 4.32. The number of alkyl halides is 3. The molecule has 7 nitrogen and oxygen atoms in total. The van der Waals surface area contributed by atoms with E-state index in [2.05, 4.69) is 0 Å². The van der Waals surface area contributed by atoms with Crippen LogP contribution in [-0.2, 0) is 15.7 Å². The molecule has 1 unspecified atom stereocenters. The van der Waals surface area contributed by atoms with Gasteiger partial charge >= 0.3 is 6.18 Å². The van der Waals surface area contributed by atoms with Crippen LogP contribution in [-0.4, -0.2) is 47.1 Å². The van der Waals surface area contributed by atoms with Gasteiger partial charge in [0.25, 0.3) is 0 Å². The first-order chi connectivity index (χ1) is 16.7. The number of nitriles is 1. The minimum atomic E-state index is -4.73. The molecule has 0 radical (unpaired) electrons. The molecule has 0 aromatic heterocycles. The standard InChI is InChI=1S/C25H26F3N3O4S/c1-23(2)21(32)30(17-6-5-15(12-29)20(11-17)25(26,27)28)22(36)31(23)16-7-9-18(10-8-16)33-13-19-14-34-24(3,4)35-19/h5-11,19,21,32H,13-14H2,1-4H3/t19-,21?/m1/s1. The first-order valence-electron chi connectivity index (χ1n) is 11.2. The van der Waals surface area contributed by atoms with Crippen molar-refractivity contribution < 1.29 is 32.5 Å². The van der Waals surface area contributed by atoms with Gasteiger partial charge in [0.1, 0.15) is 18.5 Å². The molecular weight excluding hydrogens is 495 g/mol. The zero-order chi connectivity index (χ0) is 26.5. The van der Waals surface area contributed by atoms with Crippen molar-refractivity contribution in [2.75, 3.05) is 23.0 Å². The quantitative estimate of drug-likeness (QED) is 0.562. The van der Waals surface area contributed by atoms with Crippen LogP contribution in [0.25, 0.3) is 0 Å². The van der Waals surface area contributed by atoms with E-state index in [1.54, 1.807) is 49.1 Å². The third-order valence-electron chi connectivity index (χ3n) is 6.16. The average molecular weight is 522 g/mol. The molecule has 36 heavy (non-hydrogen) atoms. The predicted octanol–water partition coefficient (Wildman–Crippen LogP) is 4.82. The van der Waals surface area contributed by atoms with Gasteiger partial charge in [0, 0.05) is 11.4 Å². The van der Waals surface area contributed by atoms with Crippen LogP contribution in [0, 0.1) is 11.3 Å². The Labute approximate surface area is 212 Å². The van der Waals surface area contributed by atoms with Gasteiger partial charge in [0.05, 0.1) is 29.3 Å². The summed E-state index contributed by atoms with van der Waals surface area (Å²) in [5, 5.41) is 20.3. The number of aliphatic hydroxyl groups excluding tert-OH is 1. The van der Waals surface area contributed by atoms with Crippen molar-refractivity contribution in [3.8, 4) is 11.8 Å². The van der Waals surface area contributed by atoms with E-state index in [0.717, 1.165) is 12.1 Å². The molecule has 4 rings (SSSR count). The Morgan fingerprint density at radius 3 is 2.33 bits per heavy atom. The summed E-state index contributed by atoms with van der Waals surface area (Å²) in [6.45, 7) is 7.89. The molecular formula is C25H26F3N3O4S. The maximum atomic E-state index is 13.5. The maximum Gasteiger partial charge on any atom is 0.417 e. The Morgan fingerprint density at radius 1 is 1.14 bits per heavy atom. The molecule has 1 N–H and O–H groups in total. The SMILES string of the molecule is CC1(C)OC[C@@H](COc2ccc(N3C(=S)N(c4ccc(C#N)c(C(F)(F)F)c4)C(O)C3(C)C)cc2)O1. The number of halogens is 3. The molecule has 11 heteroatoms. The van der Waals surface area contributed by atoms with E-state index in [1.807, 2.05) is 13.8 Å². The Kier molecular flexibility index (Phi) is 6.68. The molecule has 2 heterocycles. The maximum absolute atomic E-state index is 13.5. The topological polar surface area (TPSA) is 78.2 Å². The molecule has 2 aromatic carbocycles. The van der Waals surface area contributed by atoms with Gasteiger partial charge in [-0.15, -0.1) is 0 Å². The van der Waals surface area contributed by atoms with Gasteiger partial charge in [-0.1, -0.05) is 0 Å². The summed E-state index contributed by atoms with van der Waals surface area (Å²) in [5.41, 5.74) is -1.90. The Balaban J connectivity index is 1.56. The van der Waals surface area contributed by atoms with Crippen LogP contribution in [0.2, 0.25) is 0 Å². The zero-order valence-electron chi connectivity index (χ0n) is 20.2. The van der Waals surface area contributed by atoms with Crippen molar-refractivity contribution >= 4 is 28.7 Å². The van der Waals surface area contributed by atoms with Gasteiger partial charge < -0.3 is 24.2 Å². The summed E-state index contributed by atoms with van der Waals surface area (Å²) >= 11 is 5.61. The van der Waals surface area contributed by atoms with Crippen LogP contribution in [0.3, 0.4) is 0 Å². The molecule has 0 amide bonds. The number of aliphatic hydroxyl groups is 1. The highest BCUT2D eigenvalue weighted by molar-refractivity contribution is 7.80. The third kappa shape index (κ3) is 4.86. The van der Waals surface area contributed by atoms with E-state index >= 15 is 0 Å². The number of thiocarbonyl (C=S) groups is 1. The molecule has 2 fully saturated rings. The molecule has 2 aromatic rings. The van der Waals surface area contributed by atoms with E-state index in [-0.39, 0.29) is 16.9 Å². The van der Waals surface area contributed by atoms with Crippen LogP contribution in [0.15, 0.2) is 42.5 Å². The summed E-state index contributed by atoms with van der Waals surface area (Å²) in [4.78, 5) is 2.94. The lowest BCUT2D eigenvalue weighted by molar-refractivity contribution is -0.141. The number of anilines is 2. The molecule has 0 spiro atoms. The summed E-state index contributed by atoms with van der Waals surface area (Å²) in [6.07, 6.45) is -6.18. The van der Waals surface area contributed by atoms with Crippen molar-refractivity contribution in [2.45, 2.75) is 57.5 Å². The smallest absolute Gasteiger partial charge is 0.417 e. The molecule has 2 aliphatic heterocycles. The average Bonchev–Trinajstić information content (AvgIpc) is 3.24. The summed E-state index contributed by atoms with van der Waals surface area (Å²) < 4.78 is 57.6. The third-order valence-corrected chi connectivity index (χ3v) is 6.53. The van der Waals surface area contributed by atoms with Crippen LogP contribution >= 0.6 is 12.2 Å². The Bertz CT molecular complexity index is 1190. The molecule has 192 valence electrons. The van der Waals surface area contributed by atoms with Crippen molar-refractivity contribution in [3.63, 3.8) is 0 Å². The fraction of sp³-hybridized carbons (Fsp3) is 0.440. The fourth-order valence-corrected chi connectivity index (χ4v) is 4.87. The monoisotopic (exact) mass is 521 g/mol. The second-order valence-electron chi connectivity index (χ2n) is 9.61. The van der Waals surface area contributed by atoms with E-state index in [0.29, 0.717) is 24.7 Å². The summed E-state index contributed by atoms with van der Waals surface area (Å²) in [6, 6.07) is 11.8. The largest absolute Gasteiger partial charge is 0.491 e. The van der Waals surface area contributed by atoms with Crippen molar-refractivity contribution in [1.29, 1.82) is 5.26 Å². The number of ether oxygens (including phenoxy) is 3. The normalized spacial score (nSPS) is 23.1. The molecule has 0 bridgehead atoms.